The Kier molecular flexibility index (Phi) is 6.05. The van der Waals surface area contributed by atoms with Gasteiger partial charge in [-0.05, 0) is 24.6 Å². The first-order valence-electron chi connectivity index (χ1n) is 8.34. The van der Waals surface area contributed by atoms with Crippen molar-refractivity contribution >= 4 is 45.2 Å². The van der Waals surface area contributed by atoms with Crippen molar-refractivity contribution < 1.29 is 49.4 Å². The molecule has 0 saturated carbocycles. The first kappa shape index (κ1) is 20.8. The van der Waals surface area contributed by atoms with Gasteiger partial charge >= 0.3 is 29.6 Å². The summed E-state index contributed by atoms with van der Waals surface area (Å²) < 4.78 is 1.94. The van der Waals surface area contributed by atoms with E-state index < -0.39 is 18.0 Å². The van der Waals surface area contributed by atoms with Crippen molar-refractivity contribution in [2.45, 2.75) is 30.3 Å². The van der Waals surface area contributed by atoms with Gasteiger partial charge in [0.2, 0.25) is 5.91 Å². The number of thiazole rings is 1. The van der Waals surface area contributed by atoms with Gasteiger partial charge in [-0.2, -0.15) is 0 Å². The summed E-state index contributed by atoms with van der Waals surface area (Å²) in [7, 11) is 0. The number of aliphatic carboxylic acids is 1. The Bertz CT molecular complexity index is 909. The zero-order valence-corrected chi connectivity index (χ0v) is 18.8. The Morgan fingerprint density at radius 1 is 1.44 bits per heavy atom. The minimum Gasteiger partial charge on any atom is -0.543 e. The van der Waals surface area contributed by atoms with Crippen LogP contribution < -0.4 is 34.7 Å². The predicted octanol–water partition coefficient (Wildman–Crippen LogP) is -1.75. The Labute approximate surface area is 186 Å². The van der Waals surface area contributed by atoms with Crippen LogP contribution >= 0.6 is 23.1 Å². The topological polar surface area (TPSA) is 93.6 Å². The molecule has 1 fully saturated rings. The molecule has 3 heterocycles. The van der Waals surface area contributed by atoms with E-state index in [0.717, 1.165) is 14.6 Å². The van der Waals surface area contributed by atoms with E-state index in [-0.39, 0.29) is 53.1 Å². The van der Waals surface area contributed by atoms with Crippen molar-refractivity contribution in [3.8, 4) is 0 Å². The number of aromatic nitrogens is 1. The Hall–Kier alpha value is -0.900. The van der Waals surface area contributed by atoms with Crippen LogP contribution in [0.15, 0.2) is 39.9 Å². The molecule has 4 rings (SSSR count). The number of carboxylic acids is 1. The Morgan fingerprint density at radius 2 is 2.15 bits per heavy atom. The summed E-state index contributed by atoms with van der Waals surface area (Å²) in [6.45, 7) is 3.48. The number of fused-ring (bicyclic) bond motifs is 2. The third kappa shape index (κ3) is 3.36. The van der Waals surface area contributed by atoms with Crippen molar-refractivity contribution in [3.05, 3.63) is 35.5 Å². The van der Waals surface area contributed by atoms with E-state index in [0.29, 0.717) is 11.3 Å². The number of carboxylic acid groups (broad SMARTS) is 1. The number of aliphatic hydroxyl groups is 1. The number of β-lactam (4-membered cyclic amide) rings is 1. The van der Waals surface area contributed by atoms with Crippen LogP contribution in [0.3, 0.4) is 0 Å². The second kappa shape index (κ2) is 7.85. The van der Waals surface area contributed by atoms with Crippen LogP contribution in [0.2, 0.25) is 0 Å². The summed E-state index contributed by atoms with van der Waals surface area (Å²) in [6, 6.07) is 7.52. The van der Waals surface area contributed by atoms with Gasteiger partial charge in [-0.3, -0.25) is 4.79 Å². The molecule has 0 radical (unpaired) electrons. The van der Waals surface area contributed by atoms with Crippen LogP contribution in [0.5, 0.6) is 0 Å². The molecule has 1 aromatic carbocycles. The van der Waals surface area contributed by atoms with Gasteiger partial charge in [-0.15, -0.1) is 11.3 Å². The summed E-state index contributed by atoms with van der Waals surface area (Å²) in [5, 5.41) is 21.5. The third-order valence-electron chi connectivity index (χ3n) is 5.13. The fourth-order valence-corrected chi connectivity index (χ4v) is 6.10. The van der Waals surface area contributed by atoms with E-state index in [1.54, 1.807) is 18.3 Å². The maximum Gasteiger partial charge on any atom is 1.00 e. The smallest absolute Gasteiger partial charge is 0.543 e. The molecule has 1 amide bonds. The number of hydrogen-bond donors (Lipinski definition) is 1. The summed E-state index contributed by atoms with van der Waals surface area (Å²) in [4.78, 5) is 29.8. The number of hydrogen-bond acceptors (Lipinski definition) is 7. The fraction of sp³-hybridized carbons (Fsp3) is 0.389. The molecule has 1 N–H and O–H groups in total. The van der Waals surface area contributed by atoms with Gasteiger partial charge in [-0.1, -0.05) is 30.8 Å². The standard InChI is InChI=1S/C18H18N2O4S2.Na/c1-8-10(7-25-18-19-11-5-3-4-6-12(11)26-18)15(17(23)24)20-14(8)13(9(2)21)16(20)22;/h3-6,8-9,13-14,21H,7H2,1-2H3,(H,23,24);/q;+1/p-1. The zero-order chi connectivity index (χ0) is 18.6. The van der Waals surface area contributed by atoms with Crippen molar-refractivity contribution in [3.63, 3.8) is 0 Å². The molecule has 9 heteroatoms. The minimum atomic E-state index is -1.34. The van der Waals surface area contributed by atoms with Gasteiger partial charge in [0.05, 0.1) is 39.9 Å². The van der Waals surface area contributed by atoms with Gasteiger partial charge < -0.3 is 19.9 Å². The molecule has 2 aliphatic rings. The average molecular weight is 412 g/mol. The maximum absolute atomic E-state index is 12.3. The monoisotopic (exact) mass is 412 g/mol. The number of para-hydroxylation sites is 1. The number of thioether (sulfide) groups is 1. The molecule has 27 heavy (non-hydrogen) atoms. The van der Waals surface area contributed by atoms with E-state index in [9.17, 15) is 19.8 Å². The van der Waals surface area contributed by atoms with E-state index in [4.69, 9.17) is 0 Å². The van der Waals surface area contributed by atoms with Crippen LogP contribution in [0, 0.1) is 11.8 Å². The third-order valence-corrected chi connectivity index (χ3v) is 7.36. The van der Waals surface area contributed by atoms with Crippen molar-refractivity contribution in [2.75, 3.05) is 5.75 Å². The number of rotatable bonds is 5. The molecule has 4 atom stereocenters. The van der Waals surface area contributed by atoms with E-state index in [1.165, 1.54) is 16.7 Å². The van der Waals surface area contributed by atoms with Gasteiger partial charge in [0.15, 0.2) is 4.34 Å². The first-order valence-corrected chi connectivity index (χ1v) is 10.1. The molecule has 1 saturated heterocycles. The number of carbonyl (C=O) groups excluding carboxylic acids is 2. The first-order chi connectivity index (χ1) is 12.4. The second-order valence-electron chi connectivity index (χ2n) is 6.65. The van der Waals surface area contributed by atoms with Gasteiger partial charge in [0, 0.05) is 11.7 Å². The van der Waals surface area contributed by atoms with Crippen LogP contribution in [-0.2, 0) is 9.59 Å². The zero-order valence-electron chi connectivity index (χ0n) is 15.2. The quantitative estimate of drug-likeness (QED) is 0.356. The molecule has 6 nitrogen and oxygen atoms in total. The van der Waals surface area contributed by atoms with Gasteiger partial charge in [-0.25, -0.2) is 4.98 Å². The second-order valence-corrected chi connectivity index (χ2v) is 8.90. The minimum absolute atomic E-state index is 0. The molecule has 136 valence electrons. The average Bonchev–Trinajstić information content (AvgIpc) is 3.09. The summed E-state index contributed by atoms with van der Waals surface area (Å²) in [5.74, 6) is -1.93. The molecular weight excluding hydrogens is 395 g/mol. The number of benzene rings is 1. The van der Waals surface area contributed by atoms with E-state index >= 15 is 0 Å². The van der Waals surface area contributed by atoms with Crippen molar-refractivity contribution in [1.82, 2.24) is 9.88 Å². The number of amides is 1. The van der Waals surface area contributed by atoms with Crippen molar-refractivity contribution in [2.24, 2.45) is 11.8 Å². The van der Waals surface area contributed by atoms with Crippen LogP contribution in [0.1, 0.15) is 13.8 Å². The van der Waals surface area contributed by atoms with Gasteiger partial charge in [0.1, 0.15) is 0 Å². The summed E-state index contributed by atoms with van der Waals surface area (Å²) in [5.41, 5.74) is 1.57. The molecular formula is C18H17N2NaO4S2. The van der Waals surface area contributed by atoms with Crippen LogP contribution in [0.25, 0.3) is 10.2 Å². The molecule has 0 aliphatic carbocycles. The Morgan fingerprint density at radius 3 is 2.78 bits per heavy atom. The van der Waals surface area contributed by atoms with Crippen molar-refractivity contribution in [1.29, 1.82) is 0 Å². The molecule has 2 aliphatic heterocycles. The number of nitrogens with zero attached hydrogens (tertiary/aromatic N) is 2. The van der Waals surface area contributed by atoms with Crippen LogP contribution in [-0.4, -0.2) is 44.8 Å². The van der Waals surface area contributed by atoms with E-state index in [2.05, 4.69) is 4.98 Å². The fourth-order valence-electron chi connectivity index (χ4n) is 3.88. The molecule has 2 aromatic rings. The molecule has 0 bridgehead atoms. The number of carbonyl (C=O) groups is 2. The van der Waals surface area contributed by atoms with Crippen LogP contribution in [0.4, 0.5) is 0 Å². The molecule has 0 spiro atoms. The number of aliphatic hydroxyl groups excluding tert-OH is 1. The van der Waals surface area contributed by atoms with E-state index in [1.807, 2.05) is 31.2 Å². The molecule has 4 unspecified atom stereocenters. The normalized spacial score (nSPS) is 25.2. The summed E-state index contributed by atoms with van der Waals surface area (Å²) in [6.07, 6.45) is -0.800. The largest absolute Gasteiger partial charge is 1.00 e. The Balaban J connectivity index is 0.00000210. The predicted molar refractivity (Wildman–Crippen MR) is 97.3 cm³/mol. The summed E-state index contributed by atoms with van der Waals surface area (Å²) >= 11 is 3.03. The SMILES string of the molecule is CC(O)C1C(=O)N2C(C(=O)[O-])=C(CSc3nc4ccccc4s3)C(C)C12.[Na+]. The maximum atomic E-state index is 12.3. The molecule has 1 aromatic heterocycles. The van der Waals surface area contributed by atoms with Gasteiger partial charge in [0.25, 0.3) is 0 Å².